The highest BCUT2D eigenvalue weighted by Crippen LogP contribution is 2.33. The normalized spacial score (nSPS) is 12.9. The third-order valence-electron chi connectivity index (χ3n) is 5.82. The second-order valence-electron chi connectivity index (χ2n) is 7.72. The van der Waals surface area contributed by atoms with E-state index in [4.69, 9.17) is 14.7 Å². The highest BCUT2D eigenvalue weighted by atomic mass is 16.5. The molecule has 1 N–H and O–H groups in total. The summed E-state index contributed by atoms with van der Waals surface area (Å²) in [5.41, 5.74) is 4.97. The third-order valence-corrected chi connectivity index (χ3v) is 5.82. The van der Waals surface area contributed by atoms with E-state index < -0.39 is 0 Å². The Bertz CT molecular complexity index is 1290. The van der Waals surface area contributed by atoms with Crippen LogP contribution in [0.25, 0.3) is 16.9 Å². The summed E-state index contributed by atoms with van der Waals surface area (Å²) in [6.07, 6.45) is 4.20. The smallest absolute Gasteiger partial charge is 0.239 e. The topological polar surface area (TPSA) is 75.8 Å². The molecule has 0 aliphatic heterocycles. The van der Waals surface area contributed by atoms with Gasteiger partial charge >= 0.3 is 0 Å². The van der Waals surface area contributed by atoms with Crippen molar-refractivity contribution in [3.05, 3.63) is 77.0 Å². The predicted octanol–water partition coefficient (Wildman–Crippen LogP) is 4.79. The number of methoxy groups -OCH3 is 1. The van der Waals surface area contributed by atoms with Crippen molar-refractivity contribution in [3.63, 3.8) is 0 Å². The minimum atomic E-state index is 0.568. The van der Waals surface area contributed by atoms with Crippen LogP contribution in [0.4, 0.5) is 5.82 Å². The van der Waals surface area contributed by atoms with Gasteiger partial charge in [0.15, 0.2) is 0 Å². The molecule has 0 bridgehead atoms. The van der Waals surface area contributed by atoms with Gasteiger partial charge in [-0.2, -0.15) is 10.2 Å². The van der Waals surface area contributed by atoms with Crippen LogP contribution in [0.3, 0.4) is 0 Å². The van der Waals surface area contributed by atoms with Crippen LogP contribution < -0.4 is 10.1 Å². The standard InChI is InChI=1S/C25H23N5O/c1-31-23-14-20-18(15-26)10-7-13-22(20)30(23)25-28-21-12-6-5-11-19(21)24(29-25)27-16-17-8-3-2-4-9-17/h2-4,7-10,13-14H,5-6,11-12,16H2,1H3,(H,27,28,29). The summed E-state index contributed by atoms with van der Waals surface area (Å²) in [6, 6.07) is 20.1. The molecule has 6 nitrogen and oxygen atoms in total. The number of ether oxygens (including phenoxy) is 1. The van der Waals surface area contributed by atoms with Crippen LogP contribution >= 0.6 is 0 Å². The number of aryl methyl sites for hydroxylation is 1. The Kier molecular flexibility index (Phi) is 5.01. The number of nitriles is 1. The SMILES string of the molecule is COc1cc2c(C#N)cccc2n1-c1nc2c(c(NCc3ccccc3)n1)CCCC2. The molecule has 2 aromatic heterocycles. The largest absolute Gasteiger partial charge is 0.482 e. The maximum absolute atomic E-state index is 9.52. The van der Waals surface area contributed by atoms with Gasteiger partial charge in [0.05, 0.1) is 30.0 Å². The summed E-state index contributed by atoms with van der Waals surface area (Å²) >= 11 is 0. The van der Waals surface area contributed by atoms with Gasteiger partial charge in [0, 0.05) is 23.6 Å². The molecule has 31 heavy (non-hydrogen) atoms. The molecule has 6 heteroatoms. The number of fused-ring (bicyclic) bond motifs is 2. The fourth-order valence-corrected chi connectivity index (χ4v) is 4.27. The maximum Gasteiger partial charge on any atom is 0.239 e. The molecule has 0 radical (unpaired) electrons. The molecule has 1 aliphatic carbocycles. The van der Waals surface area contributed by atoms with Crippen LogP contribution in [0.5, 0.6) is 5.88 Å². The van der Waals surface area contributed by atoms with Gasteiger partial charge in [0.2, 0.25) is 11.8 Å². The highest BCUT2D eigenvalue weighted by molar-refractivity contribution is 5.89. The Hall–Kier alpha value is -3.85. The van der Waals surface area contributed by atoms with Crippen molar-refractivity contribution >= 4 is 16.7 Å². The van der Waals surface area contributed by atoms with E-state index in [0.717, 1.165) is 48.1 Å². The maximum atomic E-state index is 9.52. The molecule has 2 heterocycles. The van der Waals surface area contributed by atoms with Crippen LogP contribution in [0.1, 0.15) is 35.2 Å². The van der Waals surface area contributed by atoms with Crippen molar-refractivity contribution in [2.24, 2.45) is 0 Å². The molecule has 1 aliphatic rings. The van der Waals surface area contributed by atoms with E-state index in [9.17, 15) is 5.26 Å². The lowest BCUT2D eigenvalue weighted by atomic mass is 9.96. The van der Waals surface area contributed by atoms with Gasteiger partial charge in [-0.25, -0.2) is 9.55 Å². The summed E-state index contributed by atoms with van der Waals surface area (Å²) in [5.74, 6) is 2.06. The summed E-state index contributed by atoms with van der Waals surface area (Å²) in [4.78, 5) is 9.87. The molecule has 0 saturated heterocycles. The Morgan fingerprint density at radius 2 is 1.90 bits per heavy atom. The average molecular weight is 409 g/mol. The van der Waals surface area contributed by atoms with Crippen LogP contribution in [0.15, 0.2) is 54.6 Å². The van der Waals surface area contributed by atoms with Crippen molar-refractivity contribution in [1.82, 2.24) is 14.5 Å². The summed E-state index contributed by atoms with van der Waals surface area (Å²) < 4.78 is 7.55. The van der Waals surface area contributed by atoms with Crippen LogP contribution in [-0.4, -0.2) is 21.6 Å². The van der Waals surface area contributed by atoms with Gasteiger partial charge in [-0.05, 0) is 43.4 Å². The van der Waals surface area contributed by atoms with Gasteiger partial charge in [-0.1, -0.05) is 36.4 Å². The number of anilines is 1. The first-order chi connectivity index (χ1) is 15.3. The zero-order valence-electron chi connectivity index (χ0n) is 17.4. The average Bonchev–Trinajstić information content (AvgIpc) is 3.22. The number of nitrogens with one attached hydrogen (secondary N) is 1. The Morgan fingerprint density at radius 1 is 1.06 bits per heavy atom. The molecule has 0 amide bonds. The number of hydrogen-bond acceptors (Lipinski definition) is 5. The molecule has 2 aromatic carbocycles. The van der Waals surface area contributed by atoms with Gasteiger partial charge in [0.25, 0.3) is 0 Å². The van der Waals surface area contributed by atoms with Gasteiger partial charge in [-0.3, -0.25) is 0 Å². The second kappa shape index (κ2) is 8.11. The monoisotopic (exact) mass is 409 g/mol. The van der Waals surface area contributed by atoms with Gasteiger partial charge < -0.3 is 10.1 Å². The molecule has 0 saturated carbocycles. The van der Waals surface area contributed by atoms with E-state index in [1.165, 1.54) is 11.1 Å². The molecule has 0 unspecified atom stereocenters. The summed E-state index contributed by atoms with van der Waals surface area (Å²) in [7, 11) is 1.63. The molecule has 0 atom stereocenters. The van der Waals surface area contributed by atoms with E-state index in [0.29, 0.717) is 23.9 Å². The van der Waals surface area contributed by atoms with E-state index in [2.05, 4.69) is 23.5 Å². The first-order valence-electron chi connectivity index (χ1n) is 10.5. The minimum Gasteiger partial charge on any atom is -0.482 e. The fourth-order valence-electron chi connectivity index (χ4n) is 4.27. The summed E-state index contributed by atoms with van der Waals surface area (Å²) in [5, 5.41) is 13.9. The molecule has 154 valence electrons. The number of aromatic nitrogens is 3. The number of benzene rings is 2. The van der Waals surface area contributed by atoms with E-state index in [1.54, 1.807) is 7.11 Å². The molecule has 5 rings (SSSR count). The lowest BCUT2D eigenvalue weighted by molar-refractivity contribution is 0.390. The Labute approximate surface area is 181 Å². The van der Waals surface area contributed by atoms with Crippen LogP contribution in [0.2, 0.25) is 0 Å². The van der Waals surface area contributed by atoms with Crippen molar-refractivity contribution < 1.29 is 4.74 Å². The quantitative estimate of drug-likeness (QED) is 0.513. The van der Waals surface area contributed by atoms with Crippen molar-refractivity contribution in [2.45, 2.75) is 32.2 Å². The van der Waals surface area contributed by atoms with Crippen molar-refractivity contribution in [1.29, 1.82) is 5.26 Å². The van der Waals surface area contributed by atoms with Crippen LogP contribution in [-0.2, 0) is 19.4 Å². The predicted molar refractivity (Wildman–Crippen MR) is 121 cm³/mol. The minimum absolute atomic E-state index is 0.568. The molecule has 0 spiro atoms. The van der Waals surface area contributed by atoms with E-state index >= 15 is 0 Å². The number of rotatable bonds is 5. The zero-order valence-corrected chi connectivity index (χ0v) is 17.4. The molecule has 0 fully saturated rings. The molecule has 4 aromatic rings. The molecular weight excluding hydrogens is 386 g/mol. The third kappa shape index (κ3) is 3.49. The molecular formula is C25H23N5O. The Balaban J connectivity index is 1.64. The van der Waals surface area contributed by atoms with E-state index in [-0.39, 0.29) is 0 Å². The van der Waals surface area contributed by atoms with Crippen molar-refractivity contribution in [2.75, 3.05) is 12.4 Å². The summed E-state index contributed by atoms with van der Waals surface area (Å²) in [6.45, 7) is 0.700. The lowest BCUT2D eigenvalue weighted by Gasteiger charge is -2.21. The van der Waals surface area contributed by atoms with Crippen LogP contribution in [0, 0.1) is 11.3 Å². The highest BCUT2D eigenvalue weighted by Gasteiger charge is 2.21. The zero-order chi connectivity index (χ0) is 21.2. The Morgan fingerprint density at radius 3 is 2.71 bits per heavy atom. The first kappa shape index (κ1) is 19.1. The fraction of sp³-hybridized carbons (Fsp3) is 0.240. The van der Waals surface area contributed by atoms with Crippen molar-refractivity contribution in [3.8, 4) is 17.9 Å². The lowest BCUT2D eigenvalue weighted by Crippen LogP contribution is -2.16. The first-order valence-corrected chi connectivity index (χ1v) is 10.5. The second-order valence-corrected chi connectivity index (χ2v) is 7.72. The van der Waals surface area contributed by atoms with Gasteiger partial charge in [0.1, 0.15) is 5.82 Å². The number of nitrogens with zero attached hydrogens (tertiary/aromatic N) is 4. The number of hydrogen-bond donors (Lipinski definition) is 1. The van der Waals surface area contributed by atoms with E-state index in [1.807, 2.05) is 47.0 Å². The van der Waals surface area contributed by atoms with Gasteiger partial charge in [-0.15, -0.1) is 0 Å².